The number of hydrogen-bond acceptors (Lipinski definition) is 4. The molecule has 6 heteroatoms. The number of ether oxygens (including phenoxy) is 1. The maximum atomic E-state index is 11.9. The molecule has 0 saturated heterocycles. The van der Waals surface area contributed by atoms with Crippen LogP contribution in [-0.4, -0.2) is 25.5 Å². The van der Waals surface area contributed by atoms with E-state index in [2.05, 4.69) is 10.6 Å². The van der Waals surface area contributed by atoms with E-state index < -0.39 is 0 Å². The monoisotopic (exact) mass is 307 g/mol. The number of methoxy groups -OCH3 is 1. The topological polar surface area (TPSA) is 93.4 Å². The minimum absolute atomic E-state index is 0.0259. The van der Waals surface area contributed by atoms with Gasteiger partial charge in [0.05, 0.1) is 12.8 Å². The molecule has 0 radical (unpaired) electrons. The SMILES string of the molecule is COc1cc(NC(=O)CCCCCCN)ccc1NC(C)=O. The number of rotatable bonds is 9. The predicted octanol–water partition coefficient (Wildman–Crippen LogP) is 2.50. The Balaban J connectivity index is 2.51. The molecule has 1 aromatic rings. The van der Waals surface area contributed by atoms with Crippen LogP contribution >= 0.6 is 0 Å². The number of hydrogen-bond donors (Lipinski definition) is 3. The van der Waals surface area contributed by atoms with Crippen molar-refractivity contribution >= 4 is 23.2 Å². The number of nitrogens with one attached hydrogen (secondary N) is 2. The highest BCUT2D eigenvalue weighted by Crippen LogP contribution is 2.28. The summed E-state index contributed by atoms with van der Waals surface area (Å²) in [6, 6.07) is 5.13. The third-order valence-corrected chi connectivity index (χ3v) is 3.15. The fourth-order valence-electron chi connectivity index (χ4n) is 2.07. The molecule has 0 bridgehead atoms. The number of amides is 2. The van der Waals surface area contributed by atoms with Crippen LogP contribution in [0.3, 0.4) is 0 Å². The number of benzene rings is 1. The highest BCUT2D eigenvalue weighted by molar-refractivity contribution is 5.93. The van der Waals surface area contributed by atoms with Crippen LogP contribution in [0, 0.1) is 0 Å². The Hall–Kier alpha value is -2.08. The first-order chi connectivity index (χ1) is 10.6. The number of carbonyl (C=O) groups excluding carboxylic acids is 2. The van der Waals surface area contributed by atoms with E-state index in [1.54, 1.807) is 18.2 Å². The molecule has 0 saturated carbocycles. The third-order valence-electron chi connectivity index (χ3n) is 3.15. The van der Waals surface area contributed by atoms with Crippen molar-refractivity contribution in [1.29, 1.82) is 0 Å². The molecule has 0 unspecified atom stereocenters. The quantitative estimate of drug-likeness (QED) is 0.611. The Bertz CT molecular complexity index is 503. The summed E-state index contributed by atoms with van der Waals surface area (Å²) in [6.45, 7) is 2.13. The van der Waals surface area contributed by atoms with Gasteiger partial charge >= 0.3 is 0 Å². The van der Waals surface area contributed by atoms with Gasteiger partial charge in [-0.25, -0.2) is 0 Å². The van der Waals surface area contributed by atoms with E-state index in [0.717, 1.165) is 25.7 Å². The zero-order valence-electron chi connectivity index (χ0n) is 13.3. The van der Waals surface area contributed by atoms with Crippen LogP contribution in [0.15, 0.2) is 18.2 Å². The van der Waals surface area contributed by atoms with Crippen LogP contribution in [0.25, 0.3) is 0 Å². The lowest BCUT2D eigenvalue weighted by Gasteiger charge is -2.11. The fourth-order valence-corrected chi connectivity index (χ4v) is 2.07. The molecule has 0 aliphatic heterocycles. The van der Waals surface area contributed by atoms with E-state index in [4.69, 9.17) is 10.5 Å². The smallest absolute Gasteiger partial charge is 0.224 e. The minimum Gasteiger partial charge on any atom is -0.494 e. The van der Waals surface area contributed by atoms with Crippen molar-refractivity contribution in [2.75, 3.05) is 24.3 Å². The highest BCUT2D eigenvalue weighted by Gasteiger charge is 2.08. The van der Waals surface area contributed by atoms with Crippen molar-refractivity contribution in [3.63, 3.8) is 0 Å². The summed E-state index contributed by atoms with van der Waals surface area (Å²) in [5, 5.41) is 5.50. The van der Waals surface area contributed by atoms with Crippen LogP contribution in [0.1, 0.15) is 39.0 Å². The second-order valence-corrected chi connectivity index (χ2v) is 5.10. The standard InChI is InChI=1S/C16H25N3O3/c1-12(20)18-14-9-8-13(11-15(14)22-2)19-16(21)7-5-3-4-6-10-17/h8-9,11H,3-7,10,17H2,1-2H3,(H,18,20)(H,19,21). The largest absolute Gasteiger partial charge is 0.494 e. The molecule has 0 aliphatic carbocycles. The summed E-state index contributed by atoms with van der Waals surface area (Å²) in [5.41, 5.74) is 6.65. The van der Waals surface area contributed by atoms with Crippen LogP contribution in [0.2, 0.25) is 0 Å². The Morgan fingerprint density at radius 1 is 1.14 bits per heavy atom. The fraction of sp³-hybridized carbons (Fsp3) is 0.500. The second kappa shape index (κ2) is 9.78. The zero-order chi connectivity index (χ0) is 16.4. The molecular weight excluding hydrogens is 282 g/mol. The van der Waals surface area contributed by atoms with E-state index in [0.29, 0.717) is 30.1 Å². The predicted molar refractivity (Wildman–Crippen MR) is 88.1 cm³/mol. The summed E-state index contributed by atoms with van der Waals surface area (Å²) in [7, 11) is 1.52. The van der Waals surface area contributed by atoms with Crippen molar-refractivity contribution in [2.24, 2.45) is 5.73 Å². The molecule has 0 aliphatic rings. The van der Waals surface area contributed by atoms with Crippen LogP contribution in [-0.2, 0) is 9.59 Å². The van der Waals surface area contributed by atoms with Crippen molar-refractivity contribution in [2.45, 2.75) is 39.0 Å². The molecular formula is C16H25N3O3. The summed E-state index contributed by atoms with van der Waals surface area (Å²) in [4.78, 5) is 23.0. The highest BCUT2D eigenvalue weighted by atomic mass is 16.5. The van der Waals surface area contributed by atoms with Gasteiger partial charge < -0.3 is 21.1 Å². The first-order valence-corrected chi connectivity index (χ1v) is 7.52. The van der Waals surface area contributed by atoms with E-state index in [9.17, 15) is 9.59 Å². The molecule has 1 rings (SSSR count). The van der Waals surface area contributed by atoms with Gasteiger partial charge in [0.25, 0.3) is 0 Å². The Morgan fingerprint density at radius 3 is 2.50 bits per heavy atom. The lowest BCUT2D eigenvalue weighted by molar-refractivity contribution is -0.116. The van der Waals surface area contributed by atoms with Crippen LogP contribution in [0.4, 0.5) is 11.4 Å². The minimum atomic E-state index is -0.174. The average molecular weight is 307 g/mol. The molecule has 0 atom stereocenters. The summed E-state index contributed by atoms with van der Waals surface area (Å²) in [5.74, 6) is 0.311. The van der Waals surface area contributed by atoms with E-state index in [1.165, 1.54) is 14.0 Å². The molecule has 22 heavy (non-hydrogen) atoms. The first-order valence-electron chi connectivity index (χ1n) is 7.52. The van der Waals surface area contributed by atoms with Gasteiger partial charge in [-0.2, -0.15) is 0 Å². The average Bonchev–Trinajstić information content (AvgIpc) is 2.48. The number of unbranched alkanes of at least 4 members (excludes halogenated alkanes) is 3. The number of carbonyl (C=O) groups is 2. The summed E-state index contributed by atoms with van der Waals surface area (Å²) in [6.07, 6.45) is 4.41. The van der Waals surface area contributed by atoms with Gasteiger partial charge in [-0.3, -0.25) is 9.59 Å². The maximum Gasteiger partial charge on any atom is 0.224 e. The molecule has 0 aromatic heterocycles. The molecule has 0 fully saturated rings. The normalized spacial score (nSPS) is 10.1. The summed E-state index contributed by atoms with van der Waals surface area (Å²) < 4.78 is 5.22. The second-order valence-electron chi connectivity index (χ2n) is 5.10. The lowest BCUT2D eigenvalue weighted by Crippen LogP contribution is -2.12. The first kappa shape index (κ1) is 18.0. The van der Waals surface area contributed by atoms with E-state index in [1.807, 2.05) is 0 Å². The molecule has 6 nitrogen and oxygen atoms in total. The van der Waals surface area contributed by atoms with Crippen molar-refractivity contribution in [3.8, 4) is 5.75 Å². The molecule has 0 spiro atoms. The van der Waals surface area contributed by atoms with E-state index >= 15 is 0 Å². The van der Waals surface area contributed by atoms with Gasteiger partial charge in [-0.15, -0.1) is 0 Å². The van der Waals surface area contributed by atoms with Crippen LogP contribution in [0.5, 0.6) is 5.75 Å². The van der Waals surface area contributed by atoms with Crippen molar-refractivity contribution < 1.29 is 14.3 Å². The van der Waals surface area contributed by atoms with Gasteiger partial charge in [0.15, 0.2) is 0 Å². The van der Waals surface area contributed by atoms with Gasteiger partial charge in [-0.05, 0) is 31.5 Å². The Kier molecular flexibility index (Phi) is 7.99. The lowest BCUT2D eigenvalue weighted by atomic mass is 10.1. The summed E-state index contributed by atoms with van der Waals surface area (Å²) >= 11 is 0. The van der Waals surface area contributed by atoms with Gasteiger partial charge in [-0.1, -0.05) is 12.8 Å². The van der Waals surface area contributed by atoms with E-state index in [-0.39, 0.29) is 11.8 Å². The molecule has 122 valence electrons. The van der Waals surface area contributed by atoms with Crippen LogP contribution < -0.4 is 21.1 Å². The van der Waals surface area contributed by atoms with Crippen molar-refractivity contribution in [3.05, 3.63) is 18.2 Å². The number of anilines is 2. The molecule has 2 amide bonds. The van der Waals surface area contributed by atoms with Crippen molar-refractivity contribution in [1.82, 2.24) is 0 Å². The number of nitrogens with two attached hydrogens (primary N) is 1. The molecule has 0 heterocycles. The Morgan fingerprint density at radius 2 is 1.86 bits per heavy atom. The molecule has 1 aromatic carbocycles. The zero-order valence-corrected chi connectivity index (χ0v) is 13.3. The third kappa shape index (κ3) is 6.58. The molecule has 4 N–H and O–H groups in total. The Labute approximate surface area is 131 Å². The van der Waals surface area contributed by atoms with Gasteiger partial charge in [0.1, 0.15) is 5.75 Å². The maximum absolute atomic E-state index is 11.9. The van der Waals surface area contributed by atoms with Gasteiger partial charge in [0, 0.05) is 25.1 Å². The van der Waals surface area contributed by atoms with Gasteiger partial charge in [0.2, 0.25) is 11.8 Å².